The van der Waals surface area contributed by atoms with Crippen molar-refractivity contribution in [2.24, 2.45) is 0 Å². The summed E-state index contributed by atoms with van der Waals surface area (Å²) in [5.74, 6) is 0.800. The van der Waals surface area contributed by atoms with Gasteiger partial charge in [-0.05, 0) is 31.9 Å². The monoisotopic (exact) mass is 258 g/mol. The van der Waals surface area contributed by atoms with E-state index in [-0.39, 0.29) is 12.1 Å². The molecule has 1 aromatic heterocycles. The van der Waals surface area contributed by atoms with Crippen molar-refractivity contribution in [1.29, 1.82) is 0 Å². The van der Waals surface area contributed by atoms with Crippen LogP contribution < -0.4 is 5.32 Å². The van der Waals surface area contributed by atoms with Gasteiger partial charge >= 0.3 is 6.03 Å². The van der Waals surface area contributed by atoms with Crippen molar-refractivity contribution in [3.63, 3.8) is 0 Å². The molecule has 4 heteroatoms. The van der Waals surface area contributed by atoms with Gasteiger partial charge in [-0.15, -0.1) is 0 Å². The van der Waals surface area contributed by atoms with E-state index in [1.807, 2.05) is 42.2 Å². The number of hydrogen-bond donors (Lipinski definition) is 1. The summed E-state index contributed by atoms with van der Waals surface area (Å²) in [4.78, 5) is 13.9. The number of benzene rings is 1. The van der Waals surface area contributed by atoms with Gasteiger partial charge in [-0.2, -0.15) is 0 Å². The van der Waals surface area contributed by atoms with Gasteiger partial charge in [0.25, 0.3) is 0 Å². The van der Waals surface area contributed by atoms with E-state index in [1.165, 1.54) is 0 Å². The summed E-state index contributed by atoms with van der Waals surface area (Å²) in [6, 6.07) is 9.76. The van der Waals surface area contributed by atoms with Gasteiger partial charge < -0.3 is 14.6 Å². The molecule has 1 fully saturated rings. The molecule has 0 spiro atoms. The molecule has 1 aromatic carbocycles. The van der Waals surface area contributed by atoms with Crippen molar-refractivity contribution in [2.75, 3.05) is 13.1 Å². The second kappa shape index (κ2) is 4.96. The Morgan fingerprint density at radius 3 is 2.79 bits per heavy atom. The predicted octanol–water partition coefficient (Wildman–Crippen LogP) is 3.30. The molecule has 4 nitrogen and oxygen atoms in total. The molecular formula is C15H18N2O2. The van der Waals surface area contributed by atoms with Gasteiger partial charge in [0.15, 0.2) is 0 Å². The average Bonchev–Trinajstić information content (AvgIpc) is 3.07. The average molecular weight is 258 g/mol. The maximum absolute atomic E-state index is 12.0. The van der Waals surface area contributed by atoms with Crippen LogP contribution in [0.5, 0.6) is 0 Å². The summed E-state index contributed by atoms with van der Waals surface area (Å²) in [5, 5.41) is 4.06. The Bertz CT molecular complexity index is 552. The smallest absolute Gasteiger partial charge is 0.317 e. The maximum atomic E-state index is 12.0. The zero-order valence-corrected chi connectivity index (χ0v) is 11.1. The molecule has 0 radical (unpaired) electrons. The summed E-state index contributed by atoms with van der Waals surface area (Å²) in [6.07, 6.45) is 2.21. The van der Waals surface area contributed by atoms with Crippen molar-refractivity contribution in [3.8, 4) is 0 Å². The van der Waals surface area contributed by atoms with E-state index >= 15 is 0 Å². The fourth-order valence-electron chi connectivity index (χ4n) is 2.48. The summed E-state index contributed by atoms with van der Waals surface area (Å²) in [5.41, 5.74) is 0.861. The molecule has 1 aliphatic rings. The highest BCUT2D eigenvalue weighted by molar-refractivity contribution is 5.78. The largest absolute Gasteiger partial charge is 0.459 e. The first-order valence-corrected chi connectivity index (χ1v) is 6.78. The first-order valence-electron chi connectivity index (χ1n) is 6.78. The summed E-state index contributed by atoms with van der Waals surface area (Å²) in [7, 11) is 0. The SMILES string of the molecule is CC(NC(=O)N1CCCC1)c1cc2ccccc2o1. The van der Waals surface area contributed by atoms with Crippen LogP contribution in [0.4, 0.5) is 4.79 Å². The standard InChI is InChI=1S/C15H18N2O2/c1-11(16-15(18)17-8-4-5-9-17)14-10-12-6-2-3-7-13(12)19-14/h2-3,6-7,10-11H,4-5,8-9H2,1H3,(H,16,18). The van der Waals surface area contributed by atoms with Crippen LogP contribution in [0.1, 0.15) is 31.6 Å². The van der Waals surface area contributed by atoms with Gasteiger partial charge in [0, 0.05) is 18.5 Å². The lowest BCUT2D eigenvalue weighted by atomic mass is 10.2. The number of fused-ring (bicyclic) bond motifs is 1. The molecule has 0 aliphatic carbocycles. The molecule has 1 aliphatic heterocycles. The number of hydrogen-bond acceptors (Lipinski definition) is 2. The van der Waals surface area contributed by atoms with E-state index in [2.05, 4.69) is 5.32 Å². The van der Waals surface area contributed by atoms with E-state index in [1.54, 1.807) is 0 Å². The third-order valence-corrected chi connectivity index (χ3v) is 3.60. The number of likely N-dealkylation sites (tertiary alicyclic amines) is 1. The minimum absolute atomic E-state index is 0.00505. The van der Waals surface area contributed by atoms with Crippen LogP contribution in [-0.4, -0.2) is 24.0 Å². The highest BCUT2D eigenvalue weighted by atomic mass is 16.3. The molecule has 2 amide bonds. The Morgan fingerprint density at radius 1 is 1.32 bits per heavy atom. The van der Waals surface area contributed by atoms with Crippen LogP contribution in [0.2, 0.25) is 0 Å². The molecule has 1 saturated heterocycles. The lowest BCUT2D eigenvalue weighted by Gasteiger charge is -2.19. The van der Waals surface area contributed by atoms with Gasteiger partial charge in [-0.1, -0.05) is 18.2 Å². The molecule has 19 heavy (non-hydrogen) atoms. The van der Waals surface area contributed by atoms with Crippen molar-refractivity contribution < 1.29 is 9.21 Å². The second-order valence-corrected chi connectivity index (χ2v) is 5.05. The van der Waals surface area contributed by atoms with E-state index in [0.717, 1.165) is 42.7 Å². The van der Waals surface area contributed by atoms with Crippen molar-refractivity contribution in [2.45, 2.75) is 25.8 Å². The number of carbonyl (C=O) groups is 1. The number of carbonyl (C=O) groups excluding carboxylic acids is 1. The van der Waals surface area contributed by atoms with Gasteiger partial charge in [-0.3, -0.25) is 0 Å². The van der Waals surface area contributed by atoms with Crippen LogP contribution >= 0.6 is 0 Å². The van der Waals surface area contributed by atoms with Crippen LogP contribution in [0, 0.1) is 0 Å². The van der Waals surface area contributed by atoms with Crippen LogP contribution in [-0.2, 0) is 0 Å². The molecule has 1 atom stereocenters. The number of nitrogens with zero attached hydrogens (tertiary/aromatic N) is 1. The summed E-state index contributed by atoms with van der Waals surface area (Å²) >= 11 is 0. The number of para-hydroxylation sites is 1. The second-order valence-electron chi connectivity index (χ2n) is 5.05. The quantitative estimate of drug-likeness (QED) is 0.898. The van der Waals surface area contributed by atoms with Gasteiger partial charge in [0.2, 0.25) is 0 Å². The number of nitrogens with one attached hydrogen (secondary N) is 1. The highest BCUT2D eigenvalue weighted by Crippen LogP contribution is 2.23. The van der Waals surface area contributed by atoms with Gasteiger partial charge in [-0.25, -0.2) is 4.79 Å². The normalized spacial score (nSPS) is 16.8. The Morgan fingerprint density at radius 2 is 2.05 bits per heavy atom. The van der Waals surface area contributed by atoms with Gasteiger partial charge in [0.1, 0.15) is 11.3 Å². The van der Waals surface area contributed by atoms with Crippen LogP contribution in [0.25, 0.3) is 11.0 Å². The van der Waals surface area contributed by atoms with E-state index in [0.29, 0.717) is 0 Å². The number of furan rings is 1. The fraction of sp³-hybridized carbons (Fsp3) is 0.400. The van der Waals surface area contributed by atoms with Crippen molar-refractivity contribution >= 4 is 17.0 Å². The molecule has 2 heterocycles. The number of amides is 2. The molecule has 2 aromatic rings. The molecule has 100 valence electrons. The molecule has 1 unspecified atom stereocenters. The summed E-state index contributed by atoms with van der Waals surface area (Å²) < 4.78 is 5.76. The Balaban J connectivity index is 1.72. The Kier molecular flexibility index (Phi) is 3.15. The summed E-state index contributed by atoms with van der Waals surface area (Å²) in [6.45, 7) is 3.67. The van der Waals surface area contributed by atoms with Gasteiger partial charge in [0.05, 0.1) is 6.04 Å². The Labute approximate surface area is 112 Å². The highest BCUT2D eigenvalue weighted by Gasteiger charge is 2.21. The lowest BCUT2D eigenvalue weighted by Crippen LogP contribution is -2.39. The topological polar surface area (TPSA) is 45.5 Å². The molecule has 3 rings (SSSR count). The zero-order valence-electron chi connectivity index (χ0n) is 11.1. The van der Waals surface area contributed by atoms with Crippen molar-refractivity contribution in [1.82, 2.24) is 10.2 Å². The number of urea groups is 1. The first-order chi connectivity index (χ1) is 9.24. The van der Waals surface area contributed by atoms with Crippen molar-refractivity contribution in [3.05, 3.63) is 36.1 Å². The lowest BCUT2D eigenvalue weighted by molar-refractivity contribution is 0.204. The van der Waals surface area contributed by atoms with E-state index in [9.17, 15) is 4.79 Å². The predicted molar refractivity (Wildman–Crippen MR) is 74.0 cm³/mol. The fourth-order valence-corrected chi connectivity index (χ4v) is 2.48. The van der Waals surface area contributed by atoms with Crippen LogP contribution in [0.3, 0.4) is 0 Å². The van der Waals surface area contributed by atoms with E-state index in [4.69, 9.17) is 4.42 Å². The zero-order chi connectivity index (χ0) is 13.2. The minimum Gasteiger partial charge on any atom is -0.459 e. The Hall–Kier alpha value is -1.97. The van der Waals surface area contributed by atoms with E-state index < -0.39 is 0 Å². The third-order valence-electron chi connectivity index (χ3n) is 3.60. The molecular weight excluding hydrogens is 240 g/mol. The maximum Gasteiger partial charge on any atom is 0.317 e. The number of rotatable bonds is 2. The minimum atomic E-state index is -0.111. The molecule has 0 bridgehead atoms. The van der Waals surface area contributed by atoms with Crippen LogP contribution in [0.15, 0.2) is 34.7 Å². The molecule has 1 N–H and O–H groups in total. The first kappa shape index (κ1) is 12.1. The molecule has 0 saturated carbocycles. The third kappa shape index (κ3) is 2.43.